The van der Waals surface area contributed by atoms with Gasteiger partial charge >= 0.3 is 12.0 Å². The lowest BCUT2D eigenvalue weighted by molar-refractivity contribution is -0.180. The van der Waals surface area contributed by atoms with Crippen molar-refractivity contribution in [1.82, 2.24) is 9.80 Å². The summed E-state index contributed by atoms with van der Waals surface area (Å²) >= 11 is 6.05. The highest BCUT2D eigenvalue weighted by Gasteiger charge is 2.64. The second-order valence-corrected chi connectivity index (χ2v) is 10.9. The van der Waals surface area contributed by atoms with Crippen LogP contribution in [0.25, 0.3) is 11.1 Å². The van der Waals surface area contributed by atoms with Crippen LogP contribution in [0.2, 0.25) is 5.02 Å². The fourth-order valence-corrected chi connectivity index (χ4v) is 5.68. The Morgan fingerprint density at radius 2 is 1.70 bits per heavy atom. The zero-order chi connectivity index (χ0) is 24.9. The number of likely N-dealkylation sites (N-methyl/N-ethyl adjacent to an activating group) is 1. The van der Waals surface area contributed by atoms with Gasteiger partial charge in [0.2, 0.25) is 0 Å². The zero-order valence-corrected chi connectivity index (χ0v) is 19.9. The minimum atomic E-state index is -4.66. The number of carbonyl (C=O) groups excluding carboxylic acids is 2. The molecule has 0 bridgehead atoms. The summed E-state index contributed by atoms with van der Waals surface area (Å²) in [6.45, 7) is 3.66. The average Bonchev–Trinajstić information content (AvgIpc) is 2.92. The first-order chi connectivity index (χ1) is 15.2. The highest BCUT2D eigenvalue weighted by atomic mass is 35.5. The standard InChI is InChI=1S/C22H23ClN2O7S/c1-13(22(30,19(27)28)25-18(26)21(2,3)24(4)20(25)29)33(31,32)17-12-15(23)10-11-16(17)14-8-6-5-7-9-14/h5-13,30H,1-4H3,(H,27,28). The number of aliphatic hydroxyl groups is 1. The molecule has 0 radical (unpaired) electrons. The molecule has 0 aromatic heterocycles. The van der Waals surface area contributed by atoms with E-state index in [4.69, 9.17) is 11.6 Å². The van der Waals surface area contributed by atoms with Crippen LogP contribution in [0.4, 0.5) is 4.79 Å². The maximum Gasteiger partial charge on any atom is 0.359 e. The highest BCUT2D eigenvalue weighted by Crippen LogP contribution is 2.39. The Hall–Kier alpha value is -2.95. The van der Waals surface area contributed by atoms with Crippen molar-refractivity contribution in [2.24, 2.45) is 0 Å². The molecule has 33 heavy (non-hydrogen) atoms. The number of sulfone groups is 1. The molecule has 1 aliphatic rings. The second-order valence-electron chi connectivity index (χ2n) is 8.27. The van der Waals surface area contributed by atoms with Crippen LogP contribution in [-0.2, 0) is 19.4 Å². The van der Waals surface area contributed by atoms with Crippen molar-refractivity contribution in [2.75, 3.05) is 7.05 Å². The molecule has 1 aliphatic heterocycles. The fourth-order valence-electron chi connectivity index (χ4n) is 3.64. The number of carbonyl (C=O) groups is 3. The molecule has 0 saturated carbocycles. The molecule has 176 valence electrons. The van der Waals surface area contributed by atoms with Crippen LogP contribution >= 0.6 is 11.6 Å². The minimum absolute atomic E-state index is 0.0634. The van der Waals surface area contributed by atoms with Crippen LogP contribution < -0.4 is 0 Å². The normalized spacial score (nSPS) is 18.8. The van der Waals surface area contributed by atoms with Gasteiger partial charge in [0.15, 0.2) is 9.84 Å². The SMILES string of the molecule is CC(C(O)(C(=O)O)N1C(=O)N(C)C(C)(C)C1=O)S(=O)(=O)c1cc(Cl)ccc1-c1ccccc1. The van der Waals surface area contributed by atoms with E-state index < -0.39 is 44.3 Å². The number of carboxylic acids is 1. The Morgan fingerprint density at radius 1 is 1.12 bits per heavy atom. The van der Waals surface area contributed by atoms with E-state index in [1.165, 1.54) is 33.0 Å². The number of hydrogen-bond donors (Lipinski definition) is 2. The van der Waals surface area contributed by atoms with Crippen molar-refractivity contribution in [2.45, 2.75) is 42.2 Å². The summed E-state index contributed by atoms with van der Waals surface area (Å²) in [5.74, 6) is -3.11. The van der Waals surface area contributed by atoms with Crippen LogP contribution in [0.15, 0.2) is 53.4 Å². The zero-order valence-electron chi connectivity index (χ0n) is 18.3. The van der Waals surface area contributed by atoms with E-state index in [9.17, 15) is 33.0 Å². The largest absolute Gasteiger partial charge is 0.478 e. The number of nitrogens with zero attached hydrogens (tertiary/aromatic N) is 2. The van der Waals surface area contributed by atoms with Gasteiger partial charge in [-0.2, -0.15) is 0 Å². The van der Waals surface area contributed by atoms with Gasteiger partial charge < -0.3 is 15.1 Å². The van der Waals surface area contributed by atoms with E-state index in [0.717, 1.165) is 17.9 Å². The lowest BCUT2D eigenvalue weighted by atomic mass is 10.0. The number of benzene rings is 2. The summed E-state index contributed by atoms with van der Waals surface area (Å²) in [6, 6.07) is 11.4. The molecule has 2 aromatic rings. The third-order valence-electron chi connectivity index (χ3n) is 6.07. The first kappa shape index (κ1) is 24.7. The molecule has 1 saturated heterocycles. The van der Waals surface area contributed by atoms with E-state index >= 15 is 0 Å². The van der Waals surface area contributed by atoms with Crippen LogP contribution in [-0.4, -0.2) is 69.9 Å². The third kappa shape index (κ3) is 3.68. The van der Waals surface area contributed by atoms with Gasteiger partial charge in [0.25, 0.3) is 11.6 Å². The summed E-state index contributed by atoms with van der Waals surface area (Å²) < 4.78 is 27.4. The number of amides is 3. The van der Waals surface area contributed by atoms with Crippen molar-refractivity contribution in [3.63, 3.8) is 0 Å². The Bertz CT molecular complexity index is 1250. The number of hydrogen-bond acceptors (Lipinski definition) is 6. The van der Waals surface area contributed by atoms with E-state index in [2.05, 4.69) is 0 Å². The van der Waals surface area contributed by atoms with Gasteiger partial charge in [-0.3, -0.25) is 4.79 Å². The molecule has 0 spiro atoms. The number of imide groups is 1. The average molecular weight is 495 g/mol. The third-order valence-corrected chi connectivity index (χ3v) is 8.51. The van der Waals surface area contributed by atoms with Crippen molar-refractivity contribution in [3.8, 4) is 11.1 Å². The second kappa shape index (κ2) is 8.12. The molecule has 9 nitrogen and oxygen atoms in total. The summed E-state index contributed by atoms with van der Waals surface area (Å²) in [5, 5.41) is 19.0. The Kier molecular flexibility index (Phi) is 6.08. The molecule has 3 amide bonds. The van der Waals surface area contributed by atoms with Gasteiger partial charge in [0.05, 0.1) is 4.90 Å². The summed E-state index contributed by atoms with van der Waals surface area (Å²) in [7, 11) is -3.41. The molecular weight excluding hydrogens is 472 g/mol. The van der Waals surface area contributed by atoms with Crippen LogP contribution in [0.1, 0.15) is 20.8 Å². The lowest BCUT2D eigenvalue weighted by Crippen LogP contribution is -2.65. The van der Waals surface area contributed by atoms with Crippen molar-refractivity contribution < 1.29 is 33.0 Å². The van der Waals surface area contributed by atoms with Gasteiger partial charge in [-0.25, -0.2) is 22.9 Å². The van der Waals surface area contributed by atoms with E-state index in [1.807, 2.05) is 0 Å². The smallest absolute Gasteiger partial charge is 0.359 e. The van der Waals surface area contributed by atoms with Crippen LogP contribution in [0, 0.1) is 0 Å². The summed E-state index contributed by atoms with van der Waals surface area (Å²) in [6.07, 6.45) is 0. The van der Waals surface area contributed by atoms with Crippen molar-refractivity contribution >= 4 is 39.3 Å². The quantitative estimate of drug-likeness (QED) is 0.590. The van der Waals surface area contributed by atoms with Crippen LogP contribution in [0.3, 0.4) is 0 Å². The van der Waals surface area contributed by atoms with E-state index in [0.29, 0.717) is 5.56 Å². The molecule has 0 aliphatic carbocycles. The predicted octanol–water partition coefficient (Wildman–Crippen LogP) is 2.62. The topological polar surface area (TPSA) is 132 Å². The highest BCUT2D eigenvalue weighted by molar-refractivity contribution is 7.92. The number of halogens is 1. The summed E-state index contributed by atoms with van der Waals surface area (Å²) in [5.41, 5.74) is -4.15. The number of aliphatic carboxylic acids is 1. The Balaban J connectivity index is 2.22. The molecule has 1 fully saturated rings. The summed E-state index contributed by atoms with van der Waals surface area (Å²) in [4.78, 5) is 38.7. The van der Waals surface area contributed by atoms with E-state index in [1.54, 1.807) is 30.3 Å². The molecule has 2 aromatic carbocycles. The molecule has 2 atom stereocenters. The van der Waals surface area contributed by atoms with Crippen molar-refractivity contribution in [3.05, 3.63) is 53.6 Å². The Labute approximate surface area is 196 Å². The van der Waals surface area contributed by atoms with Gasteiger partial charge in [-0.15, -0.1) is 0 Å². The van der Waals surface area contributed by atoms with E-state index in [-0.39, 0.29) is 20.4 Å². The number of carboxylic acid groups (broad SMARTS) is 1. The molecule has 2 unspecified atom stereocenters. The van der Waals surface area contributed by atoms with Gasteiger partial charge in [0, 0.05) is 17.6 Å². The maximum atomic E-state index is 13.7. The van der Waals surface area contributed by atoms with Gasteiger partial charge in [-0.05, 0) is 38.5 Å². The first-order valence-corrected chi connectivity index (χ1v) is 11.8. The first-order valence-electron chi connectivity index (χ1n) is 9.85. The molecule has 1 heterocycles. The monoisotopic (exact) mass is 494 g/mol. The van der Waals surface area contributed by atoms with Crippen molar-refractivity contribution in [1.29, 1.82) is 0 Å². The minimum Gasteiger partial charge on any atom is -0.478 e. The molecular formula is C22H23ClN2O7S. The fraction of sp³-hybridized carbons (Fsp3) is 0.318. The van der Waals surface area contributed by atoms with Crippen LogP contribution in [0.5, 0.6) is 0 Å². The molecule has 2 N–H and O–H groups in total. The predicted molar refractivity (Wildman–Crippen MR) is 120 cm³/mol. The molecule has 3 rings (SSSR count). The molecule has 11 heteroatoms. The number of rotatable bonds is 6. The number of urea groups is 1. The lowest BCUT2D eigenvalue weighted by Gasteiger charge is -2.36. The Morgan fingerprint density at radius 3 is 2.18 bits per heavy atom. The van der Waals surface area contributed by atoms with Gasteiger partial charge in [0.1, 0.15) is 10.8 Å². The maximum absolute atomic E-state index is 13.7. The van der Waals surface area contributed by atoms with Gasteiger partial charge in [-0.1, -0.05) is 48.0 Å².